The van der Waals surface area contributed by atoms with Crippen molar-refractivity contribution in [3.63, 3.8) is 0 Å². The molecule has 0 saturated carbocycles. The number of aryl methyl sites for hydroxylation is 5. The van der Waals surface area contributed by atoms with Gasteiger partial charge < -0.3 is 9.31 Å². The van der Waals surface area contributed by atoms with E-state index in [-0.39, 0.29) is 23.6 Å². The third-order valence-electron chi connectivity index (χ3n) is 5.64. The minimum absolute atomic E-state index is 0.0648. The van der Waals surface area contributed by atoms with Crippen LogP contribution in [0.1, 0.15) is 84.5 Å². The summed E-state index contributed by atoms with van der Waals surface area (Å²) in [5.74, 6) is 3.69. The molecule has 5 rings (SSSR count). The Hall–Kier alpha value is -2.83. The largest absolute Gasteiger partial charge is 0.454 e. The molecule has 0 aliphatic carbocycles. The highest BCUT2D eigenvalue weighted by molar-refractivity contribution is 6.43. The number of nitrogens with zero attached hydrogens (tertiary/aromatic N) is 6. The second-order valence-corrected chi connectivity index (χ2v) is 11.3. The van der Waals surface area contributed by atoms with Gasteiger partial charge >= 0.3 is 7.12 Å². The minimum atomic E-state index is -0.160. The summed E-state index contributed by atoms with van der Waals surface area (Å²) >= 11 is 16.6. The average molecular weight is 762 g/mol. The van der Waals surface area contributed by atoms with Gasteiger partial charge in [0.15, 0.2) is 0 Å². The van der Waals surface area contributed by atoms with Crippen molar-refractivity contribution in [2.45, 2.75) is 108 Å². The van der Waals surface area contributed by atoms with Crippen molar-refractivity contribution in [2.75, 3.05) is 14.4 Å². The zero-order chi connectivity index (χ0) is 39.9. The first-order valence-electron chi connectivity index (χ1n) is 16.0. The number of aromatic nitrogens is 6. The van der Waals surface area contributed by atoms with E-state index in [4.69, 9.17) is 44.1 Å². The van der Waals surface area contributed by atoms with Crippen LogP contribution in [0, 0.1) is 34.6 Å². The molecule has 4 aromatic rings. The lowest BCUT2D eigenvalue weighted by atomic mass is 9.90. The van der Waals surface area contributed by atoms with Gasteiger partial charge in [0.05, 0.1) is 25.6 Å². The molecular formula is C36H58BCl3F2N6O2. The molecule has 0 atom stereocenters. The summed E-state index contributed by atoms with van der Waals surface area (Å²) in [4.78, 5) is 23.5. The summed E-state index contributed by atoms with van der Waals surface area (Å²) in [7, 11) is 0.935. The van der Waals surface area contributed by atoms with Gasteiger partial charge in [0.25, 0.3) is 0 Å². The number of halogens is 5. The van der Waals surface area contributed by atoms with Crippen LogP contribution in [0.2, 0.25) is 22.2 Å². The Morgan fingerprint density at radius 3 is 0.840 bits per heavy atom. The molecule has 0 unspecified atom stereocenters. The summed E-state index contributed by atoms with van der Waals surface area (Å²) in [6, 6.07) is 18.9. The van der Waals surface area contributed by atoms with Gasteiger partial charge in [-0.1, -0.05) is 87.3 Å². The number of rotatable bonds is 0. The molecule has 1 aliphatic heterocycles. The number of hydrogen-bond donors (Lipinski definition) is 0. The summed E-state index contributed by atoms with van der Waals surface area (Å²) < 4.78 is 30.1. The van der Waals surface area contributed by atoms with E-state index in [0.29, 0.717) is 26.0 Å². The molecular weight excluding hydrogens is 704 g/mol. The third-order valence-corrected chi connectivity index (χ3v) is 6.31. The van der Waals surface area contributed by atoms with E-state index in [0.717, 1.165) is 27.5 Å². The van der Waals surface area contributed by atoms with Crippen molar-refractivity contribution in [3.05, 3.63) is 105 Å². The molecule has 14 heteroatoms. The van der Waals surface area contributed by atoms with Crippen molar-refractivity contribution >= 4 is 41.9 Å². The smallest absolute Gasteiger partial charge is 0.403 e. The Morgan fingerprint density at radius 2 is 0.700 bits per heavy atom. The molecule has 0 bridgehead atoms. The van der Waals surface area contributed by atoms with Gasteiger partial charge in [-0.05, 0) is 105 Å². The first-order chi connectivity index (χ1) is 23.5. The molecule has 0 spiro atoms. The third kappa shape index (κ3) is 27.9. The van der Waals surface area contributed by atoms with E-state index < -0.39 is 0 Å². The maximum atomic E-state index is 9.50. The number of alkyl halides is 2. The highest BCUT2D eigenvalue weighted by Gasteiger charge is 2.48. The molecule has 282 valence electrons. The van der Waals surface area contributed by atoms with Gasteiger partial charge in [0, 0.05) is 10.0 Å². The van der Waals surface area contributed by atoms with Crippen LogP contribution in [0.3, 0.4) is 0 Å². The predicted molar refractivity (Wildman–Crippen MR) is 210 cm³/mol. The van der Waals surface area contributed by atoms with Gasteiger partial charge in [-0.2, -0.15) is 0 Å². The highest BCUT2D eigenvalue weighted by Crippen LogP contribution is 2.36. The molecule has 2 aromatic carbocycles. The lowest BCUT2D eigenvalue weighted by molar-refractivity contribution is 0.00578. The van der Waals surface area contributed by atoms with Crippen LogP contribution < -0.4 is 0 Å². The maximum absolute atomic E-state index is 9.50. The zero-order valence-corrected chi connectivity index (χ0v) is 35.0. The monoisotopic (exact) mass is 760 g/mol. The Kier molecular flexibility index (Phi) is 34.6. The molecule has 3 heterocycles. The first-order valence-corrected chi connectivity index (χ1v) is 17.2. The lowest BCUT2D eigenvalue weighted by Gasteiger charge is -2.32. The number of benzene rings is 2. The first kappa shape index (κ1) is 54.0. The van der Waals surface area contributed by atoms with Crippen LogP contribution in [-0.4, -0.2) is 62.6 Å². The summed E-state index contributed by atoms with van der Waals surface area (Å²) in [5, 5.41) is 1.85. The van der Waals surface area contributed by atoms with Crippen molar-refractivity contribution in [1.82, 2.24) is 29.9 Å². The number of hydrogen-bond acceptors (Lipinski definition) is 8. The molecule has 0 amide bonds. The van der Waals surface area contributed by atoms with Crippen molar-refractivity contribution in [3.8, 4) is 0 Å². The van der Waals surface area contributed by atoms with Gasteiger partial charge in [-0.15, -0.1) is 0 Å². The van der Waals surface area contributed by atoms with Crippen molar-refractivity contribution < 1.29 is 18.1 Å². The SMILES string of the molecule is CB1OC(C)(C)C(C)(C)O1.CC.CC.CF.CF.Cc1nc(C)nc(C)n1.Cc1nc(C)nc(Cl)n1.Clc1ccccc1.Clc1ccccc1. The normalized spacial score (nSPS) is 12.2. The van der Waals surface area contributed by atoms with Crippen molar-refractivity contribution in [2.24, 2.45) is 0 Å². The van der Waals surface area contributed by atoms with Gasteiger partial charge in [0.1, 0.15) is 29.1 Å². The fourth-order valence-corrected chi connectivity index (χ4v) is 3.86. The summed E-state index contributed by atoms with van der Waals surface area (Å²) in [5.41, 5.74) is -0.321. The molecule has 1 saturated heterocycles. The van der Waals surface area contributed by atoms with Gasteiger partial charge in [-0.3, -0.25) is 8.78 Å². The van der Waals surface area contributed by atoms with Crippen LogP contribution in [-0.2, 0) is 9.31 Å². The lowest BCUT2D eigenvalue weighted by Crippen LogP contribution is -2.41. The topological polar surface area (TPSA) is 95.8 Å². The quantitative estimate of drug-likeness (QED) is 0.163. The molecule has 0 radical (unpaired) electrons. The summed E-state index contributed by atoms with van der Waals surface area (Å²) in [6.45, 7) is 27.3. The Labute approximate surface area is 316 Å². The molecule has 50 heavy (non-hydrogen) atoms. The second kappa shape index (κ2) is 32.1. The van der Waals surface area contributed by atoms with E-state index in [1.807, 2.05) is 116 Å². The molecule has 8 nitrogen and oxygen atoms in total. The Bertz CT molecular complexity index is 1160. The molecule has 0 N–H and O–H groups in total. The van der Waals surface area contributed by atoms with Crippen LogP contribution in [0.25, 0.3) is 0 Å². The second-order valence-electron chi connectivity index (χ2n) is 10.1. The zero-order valence-electron chi connectivity index (χ0n) is 32.7. The molecule has 1 aliphatic rings. The van der Waals surface area contributed by atoms with Crippen LogP contribution in [0.5, 0.6) is 0 Å². The van der Waals surface area contributed by atoms with Crippen LogP contribution in [0.15, 0.2) is 60.7 Å². The Balaban J connectivity index is -0.000000253. The minimum Gasteiger partial charge on any atom is -0.403 e. The molecule has 1 fully saturated rings. The Morgan fingerprint density at radius 1 is 0.480 bits per heavy atom. The van der Waals surface area contributed by atoms with E-state index in [1.54, 1.807) is 13.8 Å². The maximum Gasteiger partial charge on any atom is 0.454 e. The molecule has 2 aromatic heterocycles. The van der Waals surface area contributed by atoms with E-state index in [9.17, 15) is 8.78 Å². The van der Waals surface area contributed by atoms with Gasteiger partial charge in [-0.25, -0.2) is 29.9 Å². The summed E-state index contributed by atoms with van der Waals surface area (Å²) in [6.07, 6.45) is 0. The average Bonchev–Trinajstić information content (AvgIpc) is 3.25. The van der Waals surface area contributed by atoms with Crippen molar-refractivity contribution in [1.29, 1.82) is 0 Å². The van der Waals surface area contributed by atoms with E-state index in [2.05, 4.69) is 57.6 Å². The standard InChI is InChI=1S/C7H15BO2.2C6H5Cl.C6H9N3.C5H6ClN3.2C2H6.2CH3F/c1-6(2)7(3,4)10-8(5)9-6;2*7-6-4-2-1-3-5-6;1-4-7-5(2)9-6(3)8-4;1-3-7-4(2)9-5(6)8-3;4*1-2/h1-5H3;2*1-5H;1-3H3;1-2H3;2*1-2H3;2*1H3. The fraction of sp³-hybridized carbons (Fsp3) is 0.500. The predicted octanol–water partition coefficient (Wildman–Crippen LogP) is 11.6. The van der Waals surface area contributed by atoms with Gasteiger partial charge in [0.2, 0.25) is 5.28 Å². The van der Waals surface area contributed by atoms with Crippen LogP contribution >= 0.6 is 34.8 Å². The van der Waals surface area contributed by atoms with E-state index in [1.165, 1.54) is 0 Å². The van der Waals surface area contributed by atoms with E-state index >= 15 is 0 Å². The highest BCUT2D eigenvalue weighted by atomic mass is 35.5. The fourth-order valence-electron chi connectivity index (χ4n) is 3.32. The van der Waals surface area contributed by atoms with Crippen LogP contribution in [0.4, 0.5) is 8.78 Å².